The van der Waals surface area contributed by atoms with Crippen molar-refractivity contribution in [1.29, 1.82) is 0 Å². The van der Waals surface area contributed by atoms with Crippen molar-refractivity contribution in [3.63, 3.8) is 0 Å². The van der Waals surface area contributed by atoms with E-state index < -0.39 is 20.5 Å². The Labute approximate surface area is 176 Å². The van der Waals surface area contributed by atoms with Crippen molar-refractivity contribution in [3.05, 3.63) is 0 Å². The van der Waals surface area contributed by atoms with Crippen molar-refractivity contribution in [2.45, 2.75) is 83.7 Å². The largest absolute Gasteiger partial charge is 0.756 e. The maximum atomic E-state index is 11.9. The molecule has 2 unspecified atom stereocenters. The lowest BCUT2D eigenvalue weighted by Gasteiger charge is -2.32. The Balaban J connectivity index is 3.66. The summed E-state index contributed by atoms with van der Waals surface area (Å²) in [7, 11) is -0.997. The van der Waals surface area contributed by atoms with Crippen LogP contribution < -0.4 is 10.2 Å². The van der Waals surface area contributed by atoms with Crippen LogP contribution in [0.15, 0.2) is 0 Å². The van der Waals surface area contributed by atoms with Gasteiger partial charge in [0.2, 0.25) is 5.91 Å². The third-order valence-corrected chi connectivity index (χ3v) is 5.38. The first kappa shape index (κ1) is 28.5. The smallest absolute Gasteiger partial charge is 0.265 e. The number of aliphatic hydroxyl groups excluding tert-OH is 1. The number of phosphoric acid groups is 1. The van der Waals surface area contributed by atoms with Crippen LogP contribution in [0.1, 0.15) is 77.6 Å². The number of unbranched alkanes of at least 4 members (excludes halogenated alkanes) is 8. The van der Waals surface area contributed by atoms with Gasteiger partial charge >= 0.3 is 0 Å². The lowest BCUT2D eigenvalue weighted by molar-refractivity contribution is -0.893. The molecule has 2 atom stereocenters. The van der Waals surface area contributed by atoms with Gasteiger partial charge in [-0.3, -0.25) is 9.36 Å². The van der Waals surface area contributed by atoms with Gasteiger partial charge in [-0.15, -0.1) is 0 Å². The van der Waals surface area contributed by atoms with E-state index in [1.54, 1.807) is 0 Å². The highest BCUT2D eigenvalue weighted by atomic mass is 31.2. The monoisotopic (exact) mass is 438 g/mol. The quantitative estimate of drug-likeness (QED) is 0.162. The summed E-state index contributed by atoms with van der Waals surface area (Å²) >= 11 is 0. The summed E-state index contributed by atoms with van der Waals surface area (Å²) in [5, 5.41) is 12.8. The lowest BCUT2D eigenvalue weighted by atomic mass is 10.1. The molecule has 0 aromatic heterocycles. The van der Waals surface area contributed by atoms with Crippen LogP contribution in [-0.2, 0) is 13.9 Å². The molecule has 0 radical (unpaired) electrons. The zero-order valence-corrected chi connectivity index (χ0v) is 19.5. The standard InChI is InChI=1S/C20H43N2O6P/c1-4-5-6-7-8-9-10-11-12-14-20(24)21-15-13-16-22(2,3)17-19(23)18-28-29(25,26)27/h19,23H,4-18H2,1-3H3,(H2-,21,24,25,26,27). The predicted octanol–water partition coefficient (Wildman–Crippen LogP) is 2.33. The van der Waals surface area contributed by atoms with Gasteiger partial charge in [0, 0.05) is 19.4 Å². The van der Waals surface area contributed by atoms with Crippen molar-refractivity contribution in [2.75, 3.05) is 40.3 Å². The molecule has 0 aromatic carbocycles. The second-order valence-electron chi connectivity index (χ2n) is 8.54. The average molecular weight is 439 g/mol. The van der Waals surface area contributed by atoms with Crippen molar-refractivity contribution < 1.29 is 33.3 Å². The summed E-state index contributed by atoms with van der Waals surface area (Å²) < 4.78 is 15.2. The van der Waals surface area contributed by atoms with Gasteiger partial charge in [-0.2, -0.15) is 0 Å². The average Bonchev–Trinajstić information content (AvgIpc) is 2.61. The number of nitrogens with one attached hydrogen (secondary N) is 1. The highest BCUT2D eigenvalue weighted by Gasteiger charge is 2.21. The molecule has 0 aliphatic heterocycles. The van der Waals surface area contributed by atoms with Gasteiger partial charge in [0.1, 0.15) is 12.6 Å². The molecular formula is C20H43N2O6P. The molecule has 0 bridgehead atoms. The Bertz CT molecular complexity index is 470. The summed E-state index contributed by atoms with van der Waals surface area (Å²) in [4.78, 5) is 31.0. The molecule has 0 spiro atoms. The van der Waals surface area contributed by atoms with E-state index in [0.29, 0.717) is 24.0 Å². The number of rotatable bonds is 19. The number of nitrogens with zero attached hydrogens (tertiary/aromatic N) is 1. The van der Waals surface area contributed by atoms with Gasteiger partial charge in [-0.25, -0.2) is 0 Å². The van der Waals surface area contributed by atoms with Crippen molar-refractivity contribution in [2.24, 2.45) is 0 Å². The van der Waals surface area contributed by atoms with Crippen LogP contribution >= 0.6 is 7.82 Å². The van der Waals surface area contributed by atoms with Crippen LogP contribution in [0, 0.1) is 0 Å². The van der Waals surface area contributed by atoms with E-state index in [9.17, 15) is 19.4 Å². The van der Waals surface area contributed by atoms with Crippen LogP contribution in [0.25, 0.3) is 0 Å². The topological polar surface area (TPSA) is 119 Å². The molecule has 0 fully saturated rings. The van der Waals surface area contributed by atoms with Gasteiger partial charge in [-0.1, -0.05) is 58.3 Å². The fourth-order valence-corrected chi connectivity index (χ4v) is 3.67. The maximum Gasteiger partial charge on any atom is 0.265 e. The number of aliphatic hydroxyl groups is 1. The first-order valence-electron chi connectivity index (χ1n) is 11.0. The molecule has 0 saturated carbocycles. The van der Waals surface area contributed by atoms with Gasteiger partial charge < -0.3 is 29.2 Å². The minimum absolute atomic E-state index is 0.0841. The zero-order chi connectivity index (χ0) is 22.2. The van der Waals surface area contributed by atoms with Crippen molar-refractivity contribution in [3.8, 4) is 0 Å². The minimum Gasteiger partial charge on any atom is -0.756 e. The van der Waals surface area contributed by atoms with Crippen molar-refractivity contribution in [1.82, 2.24) is 5.32 Å². The molecule has 0 aromatic rings. The van der Waals surface area contributed by atoms with Crippen LogP contribution in [0.4, 0.5) is 0 Å². The first-order valence-corrected chi connectivity index (χ1v) is 12.5. The Kier molecular flexibility index (Phi) is 15.9. The molecule has 0 heterocycles. The van der Waals surface area contributed by atoms with E-state index in [1.807, 2.05) is 14.1 Å². The Morgan fingerprint density at radius 3 is 2.17 bits per heavy atom. The van der Waals surface area contributed by atoms with Gasteiger partial charge in [0.05, 0.1) is 27.2 Å². The summed E-state index contributed by atoms with van der Waals surface area (Å²) in [6.07, 6.45) is 11.4. The molecule has 9 heteroatoms. The second-order valence-corrected chi connectivity index (χ2v) is 9.74. The number of hydrogen-bond acceptors (Lipinski definition) is 5. The Morgan fingerprint density at radius 1 is 1.07 bits per heavy atom. The van der Waals surface area contributed by atoms with Crippen LogP contribution in [-0.4, -0.2) is 66.8 Å². The van der Waals surface area contributed by atoms with E-state index in [1.165, 1.54) is 44.9 Å². The highest BCUT2D eigenvalue weighted by molar-refractivity contribution is 7.44. The predicted molar refractivity (Wildman–Crippen MR) is 113 cm³/mol. The molecule has 3 N–H and O–H groups in total. The van der Waals surface area contributed by atoms with E-state index in [0.717, 1.165) is 19.3 Å². The second kappa shape index (κ2) is 16.2. The summed E-state index contributed by atoms with van der Waals surface area (Å²) in [5.41, 5.74) is 0. The van der Waals surface area contributed by atoms with Crippen LogP contribution in [0.5, 0.6) is 0 Å². The Hall–Kier alpha value is -0.500. The van der Waals surface area contributed by atoms with E-state index in [2.05, 4.69) is 16.8 Å². The van der Waals surface area contributed by atoms with Crippen LogP contribution in [0.3, 0.4) is 0 Å². The van der Waals surface area contributed by atoms with Crippen LogP contribution in [0.2, 0.25) is 0 Å². The van der Waals surface area contributed by atoms with E-state index >= 15 is 0 Å². The summed E-state index contributed by atoms with van der Waals surface area (Å²) in [6, 6.07) is 0. The number of likely N-dealkylation sites (N-methyl/N-ethyl adjacent to an activating group) is 1. The number of phosphoric ester groups is 1. The van der Waals surface area contributed by atoms with Gasteiger partial charge in [-0.05, 0) is 6.42 Å². The molecule has 0 rings (SSSR count). The fraction of sp³-hybridized carbons (Fsp3) is 0.950. The molecule has 8 nitrogen and oxygen atoms in total. The molecule has 0 aliphatic rings. The number of amides is 1. The Morgan fingerprint density at radius 2 is 1.62 bits per heavy atom. The van der Waals surface area contributed by atoms with E-state index in [-0.39, 0.29) is 12.5 Å². The number of carbonyl (C=O) groups excluding carboxylic acids is 1. The lowest BCUT2D eigenvalue weighted by Crippen LogP contribution is -2.47. The molecule has 1 amide bonds. The van der Waals surface area contributed by atoms with E-state index in [4.69, 9.17) is 4.89 Å². The van der Waals surface area contributed by atoms with Gasteiger partial charge in [0.25, 0.3) is 7.82 Å². The summed E-state index contributed by atoms with van der Waals surface area (Å²) in [6.45, 7) is 3.34. The maximum absolute atomic E-state index is 11.9. The first-order chi connectivity index (χ1) is 13.6. The van der Waals surface area contributed by atoms with Gasteiger partial charge in [0.15, 0.2) is 0 Å². The minimum atomic E-state index is -4.81. The normalized spacial score (nSPS) is 15.1. The number of quaternary nitrogens is 1. The van der Waals surface area contributed by atoms with Crippen molar-refractivity contribution >= 4 is 13.7 Å². The zero-order valence-electron chi connectivity index (χ0n) is 18.6. The third kappa shape index (κ3) is 20.5. The molecule has 0 saturated heterocycles. The highest BCUT2D eigenvalue weighted by Crippen LogP contribution is 2.30. The molecule has 0 aliphatic carbocycles. The fourth-order valence-electron chi connectivity index (χ4n) is 3.31. The SMILES string of the molecule is CCCCCCCCCCCC(=O)NCCC[N+](C)(C)CC(O)COP(=O)([O-])O. The molecular weight excluding hydrogens is 395 g/mol. The summed E-state index contributed by atoms with van der Waals surface area (Å²) in [5.74, 6) is 0.0841. The number of hydrogen-bond donors (Lipinski definition) is 3. The molecule has 174 valence electrons. The molecule has 29 heavy (non-hydrogen) atoms. The number of carbonyl (C=O) groups is 1. The third-order valence-electron chi connectivity index (χ3n) is 4.90.